The molecule has 0 radical (unpaired) electrons. The van der Waals surface area contributed by atoms with Crippen molar-refractivity contribution < 1.29 is 14.3 Å². The molecule has 1 heterocycles. The second-order valence-electron chi connectivity index (χ2n) is 4.81. The molecule has 1 aliphatic rings. The zero-order valence-electron chi connectivity index (χ0n) is 11.7. The van der Waals surface area contributed by atoms with E-state index in [1.807, 2.05) is 36.6 Å². The fourth-order valence-corrected chi connectivity index (χ4v) is 2.55. The van der Waals surface area contributed by atoms with E-state index in [2.05, 4.69) is 5.32 Å². The van der Waals surface area contributed by atoms with Gasteiger partial charge in [-0.1, -0.05) is 30.3 Å². The predicted octanol–water partition coefficient (Wildman–Crippen LogP) is 1.84. The van der Waals surface area contributed by atoms with Gasteiger partial charge >= 0.3 is 0 Å². The third-order valence-electron chi connectivity index (χ3n) is 3.22. The van der Waals surface area contributed by atoms with Gasteiger partial charge in [0.25, 0.3) is 0 Å². The van der Waals surface area contributed by atoms with Crippen LogP contribution in [0.25, 0.3) is 0 Å². The number of hydrogen-bond donors (Lipinski definition) is 1. The van der Waals surface area contributed by atoms with Crippen LogP contribution in [0.1, 0.15) is 12.0 Å². The van der Waals surface area contributed by atoms with Gasteiger partial charge < -0.3 is 14.8 Å². The normalized spacial score (nSPS) is 22.4. The van der Waals surface area contributed by atoms with Crippen molar-refractivity contribution in [3.05, 3.63) is 35.9 Å². The maximum Gasteiger partial charge on any atom is 0.230 e. The van der Waals surface area contributed by atoms with Crippen molar-refractivity contribution in [1.82, 2.24) is 5.32 Å². The molecular weight excluding hydrogens is 274 g/mol. The molecule has 5 heteroatoms. The summed E-state index contributed by atoms with van der Waals surface area (Å²) in [5.74, 6) is 0.517. The van der Waals surface area contributed by atoms with E-state index in [9.17, 15) is 4.79 Å². The highest BCUT2D eigenvalue weighted by atomic mass is 32.2. The van der Waals surface area contributed by atoms with Crippen LogP contribution in [0.2, 0.25) is 0 Å². The number of thioether (sulfide) groups is 1. The van der Waals surface area contributed by atoms with Crippen LogP contribution in [-0.4, -0.2) is 43.3 Å². The molecule has 0 aromatic heterocycles. The SMILES string of the molecule is CSCC(=O)N[C@@H]1COCC[C@@H]1OCc1ccccc1. The number of ether oxygens (including phenoxy) is 2. The fourth-order valence-electron chi connectivity index (χ4n) is 2.21. The Bertz CT molecular complexity index is 413. The summed E-state index contributed by atoms with van der Waals surface area (Å²) >= 11 is 1.52. The summed E-state index contributed by atoms with van der Waals surface area (Å²) in [6.07, 6.45) is 2.76. The first kappa shape index (κ1) is 15.4. The van der Waals surface area contributed by atoms with Gasteiger partial charge in [0, 0.05) is 6.61 Å². The van der Waals surface area contributed by atoms with Crippen molar-refractivity contribution >= 4 is 17.7 Å². The largest absolute Gasteiger partial charge is 0.379 e. The number of hydrogen-bond acceptors (Lipinski definition) is 4. The van der Waals surface area contributed by atoms with Gasteiger partial charge in [-0.2, -0.15) is 11.8 Å². The summed E-state index contributed by atoms with van der Waals surface area (Å²) in [5, 5.41) is 3.00. The summed E-state index contributed by atoms with van der Waals surface area (Å²) < 4.78 is 11.4. The first-order valence-electron chi connectivity index (χ1n) is 6.81. The van der Waals surface area contributed by atoms with Crippen LogP contribution >= 0.6 is 11.8 Å². The van der Waals surface area contributed by atoms with Crippen LogP contribution in [0.3, 0.4) is 0 Å². The molecule has 110 valence electrons. The van der Waals surface area contributed by atoms with E-state index in [0.29, 0.717) is 25.6 Å². The van der Waals surface area contributed by atoms with Crippen LogP contribution in [0, 0.1) is 0 Å². The molecule has 0 saturated carbocycles. The Morgan fingerprint density at radius 1 is 1.45 bits per heavy atom. The molecule has 4 nitrogen and oxygen atoms in total. The van der Waals surface area contributed by atoms with Gasteiger partial charge in [-0.15, -0.1) is 0 Å². The Morgan fingerprint density at radius 2 is 2.25 bits per heavy atom. The second kappa shape index (κ2) is 8.29. The van der Waals surface area contributed by atoms with Crippen LogP contribution < -0.4 is 5.32 Å². The Morgan fingerprint density at radius 3 is 3.00 bits per heavy atom. The Balaban J connectivity index is 1.85. The lowest BCUT2D eigenvalue weighted by Crippen LogP contribution is -2.51. The van der Waals surface area contributed by atoms with Crippen molar-refractivity contribution in [2.75, 3.05) is 25.2 Å². The molecule has 0 spiro atoms. The zero-order chi connectivity index (χ0) is 14.2. The highest BCUT2D eigenvalue weighted by Crippen LogP contribution is 2.14. The van der Waals surface area contributed by atoms with E-state index in [1.165, 1.54) is 11.8 Å². The van der Waals surface area contributed by atoms with Crippen LogP contribution in [0.4, 0.5) is 0 Å². The highest BCUT2D eigenvalue weighted by Gasteiger charge is 2.27. The van der Waals surface area contributed by atoms with Gasteiger partial charge in [0.15, 0.2) is 0 Å². The molecule has 1 aliphatic heterocycles. The van der Waals surface area contributed by atoms with Crippen LogP contribution in [-0.2, 0) is 20.9 Å². The average Bonchev–Trinajstić information content (AvgIpc) is 2.48. The maximum atomic E-state index is 11.7. The minimum Gasteiger partial charge on any atom is -0.379 e. The molecule has 1 saturated heterocycles. The quantitative estimate of drug-likeness (QED) is 0.870. The zero-order valence-corrected chi connectivity index (χ0v) is 12.5. The number of rotatable bonds is 6. The van der Waals surface area contributed by atoms with Crippen molar-refractivity contribution in [3.63, 3.8) is 0 Å². The minimum absolute atomic E-state index is 0.0229. The van der Waals surface area contributed by atoms with Gasteiger partial charge in [0.1, 0.15) is 0 Å². The molecule has 1 aromatic carbocycles. The van der Waals surface area contributed by atoms with E-state index in [-0.39, 0.29) is 18.1 Å². The summed E-state index contributed by atoms with van der Waals surface area (Å²) in [5.41, 5.74) is 1.15. The van der Waals surface area contributed by atoms with Crippen molar-refractivity contribution in [2.24, 2.45) is 0 Å². The topological polar surface area (TPSA) is 47.6 Å². The fraction of sp³-hybridized carbons (Fsp3) is 0.533. The lowest BCUT2D eigenvalue weighted by molar-refractivity contribution is -0.124. The summed E-state index contributed by atoms with van der Waals surface area (Å²) in [4.78, 5) is 11.7. The Labute approximate surface area is 124 Å². The maximum absolute atomic E-state index is 11.7. The van der Waals surface area contributed by atoms with Crippen molar-refractivity contribution in [2.45, 2.75) is 25.2 Å². The van der Waals surface area contributed by atoms with Gasteiger partial charge in [-0.25, -0.2) is 0 Å². The third-order valence-corrected chi connectivity index (χ3v) is 3.77. The van der Waals surface area contributed by atoms with Gasteiger partial charge in [-0.05, 0) is 18.2 Å². The monoisotopic (exact) mass is 295 g/mol. The van der Waals surface area contributed by atoms with E-state index in [4.69, 9.17) is 9.47 Å². The number of amides is 1. The van der Waals surface area contributed by atoms with Gasteiger partial charge in [0.2, 0.25) is 5.91 Å². The van der Waals surface area contributed by atoms with E-state index in [1.54, 1.807) is 0 Å². The van der Waals surface area contributed by atoms with E-state index < -0.39 is 0 Å². The molecule has 1 aromatic rings. The number of carbonyl (C=O) groups is 1. The smallest absolute Gasteiger partial charge is 0.230 e. The van der Waals surface area contributed by atoms with E-state index >= 15 is 0 Å². The summed E-state index contributed by atoms with van der Waals surface area (Å²) in [6.45, 7) is 1.79. The molecular formula is C15H21NO3S. The Kier molecular flexibility index (Phi) is 6.36. The van der Waals surface area contributed by atoms with E-state index in [0.717, 1.165) is 12.0 Å². The molecule has 0 aliphatic carbocycles. The van der Waals surface area contributed by atoms with Crippen molar-refractivity contribution in [1.29, 1.82) is 0 Å². The predicted molar refractivity (Wildman–Crippen MR) is 80.8 cm³/mol. The first-order chi connectivity index (χ1) is 9.79. The second-order valence-corrected chi connectivity index (χ2v) is 5.67. The number of nitrogens with one attached hydrogen (secondary N) is 1. The lowest BCUT2D eigenvalue weighted by atomic mass is 10.1. The number of carbonyl (C=O) groups excluding carboxylic acids is 1. The van der Waals surface area contributed by atoms with Crippen molar-refractivity contribution in [3.8, 4) is 0 Å². The number of benzene rings is 1. The molecule has 2 rings (SSSR count). The summed E-state index contributed by atoms with van der Waals surface area (Å²) in [6, 6.07) is 10.0. The molecule has 0 bridgehead atoms. The molecule has 20 heavy (non-hydrogen) atoms. The van der Waals surface area contributed by atoms with Gasteiger partial charge in [0.05, 0.1) is 31.1 Å². The molecule has 1 amide bonds. The first-order valence-corrected chi connectivity index (χ1v) is 8.20. The Hall–Kier alpha value is -1.04. The highest BCUT2D eigenvalue weighted by molar-refractivity contribution is 7.99. The molecule has 1 fully saturated rings. The standard InChI is InChI=1S/C15H21NO3S/c1-20-11-15(17)16-13-10-18-8-7-14(13)19-9-12-5-3-2-4-6-12/h2-6,13-14H,7-11H2,1H3,(H,16,17)/t13-,14+/m1/s1. The minimum atomic E-state index is -0.0490. The van der Waals surface area contributed by atoms with Crippen LogP contribution in [0.15, 0.2) is 30.3 Å². The average molecular weight is 295 g/mol. The lowest BCUT2D eigenvalue weighted by Gasteiger charge is -2.32. The third kappa shape index (κ3) is 4.81. The summed E-state index contributed by atoms with van der Waals surface area (Å²) in [7, 11) is 0. The van der Waals surface area contributed by atoms with Crippen LogP contribution in [0.5, 0.6) is 0 Å². The molecule has 2 atom stereocenters. The molecule has 1 N–H and O–H groups in total. The van der Waals surface area contributed by atoms with Gasteiger partial charge in [-0.3, -0.25) is 4.79 Å². The molecule has 0 unspecified atom stereocenters.